The largest absolute Gasteiger partial charge is 0.480 e. The number of morpholine rings is 1. The van der Waals surface area contributed by atoms with Gasteiger partial charge in [0.2, 0.25) is 0 Å². The average Bonchev–Trinajstić information content (AvgIpc) is 2.54. The summed E-state index contributed by atoms with van der Waals surface area (Å²) in [4.78, 5) is 24.9. The van der Waals surface area contributed by atoms with Gasteiger partial charge < -0.3 is 14.7 Å². The van der Waals surface area contributed by atoms with Crippen LogP contribution in [0.4, 0.5) is 0 Å². The zero-order valence-electron chi connectivity index (χ0n) is 12.1. The van der Waals surface area contributed by atoms with Crippen molar-refractivity contribution in [3.8, 4) is 0 Å². The van der Waals surface area contributed by atoms with Gasteiger partial charge in [0.25, 0.3) is 5.91 Å². The molecule has 22 heavy (non-hydrogen) atoms. The lowest BCUT2D eigenvalue weighted by atomic mass is 10.1. The fraction of sp³-hybridized carbons (Fsp3) is 0.429. The Morgan fingerprint density at radius 3 is 2.50 bits per heavy atom. The van der Waals surface area contributed by atoms with Crippen LogP contribution >= 0.6 is 0 Å². The molecule has 1 aliphatic heterocycles. The summed E-state index contributed by atoms with van der Waals surface area (Å²) >= 11 is 0. The second-order valence-electron chi connectivity index (χ2n) is 4.86. The van der Waals surface area contributed by atoms with Crippen molar-refractivity contribution < 1.29 is 27.9 Å². The molecule has 1 saturated heterocycles. The molecule has 1 heterocycles. The Morgan fingerprint density at radius 2 is 1.95 bits per heavy atom. The summed E-state index contributed by atoms with van der Waals surface area (Å²) in [5.41, 5.74) is 0.253. The molecule has 0 aliphatic carbocycles. The maximum atomic E-state index is 12.4. The summed E-state index contributed by atoms with van der Waals surface area (Å²) in [6.07, 6.45) is 0. The van der Waals surface area contributed by atoms with Gasteiger partial charge in [-0.05, 0) is 24.3 Å². The fourth-order valence-electron chi connectivity index (χ4n) is 2.19. The molecule has 1 aliphatic rings. The van der Waals surface area contributed by atoms with E-state index in [4.69, 9.17) is 9.84 Å². The van der Waals surface area contributed by atoms with Gasteiger partial charge in [-0.3, -0.25) is 4.79 Å². The van der Waals surface area contributed by atoms with E-state index in [2.05, 4.69) is 0 Å². The Morgan fingerprint density at radius 1 is 1.32 bits per heavy atom. The van der Waals surface area contributed by atoms with Crippen molar-refractivity contribution in [1.82, 2.24) is 4.90 Å². The van der Waals surface area contributed by atoms with Crippen LogP contribution in [0.1, 0.15) is 17.3 Å². The lowest BCUT2D eigenvalue weighted by molar-refractivity contribution is -0.147. The molecule has 0 aromatic heterocycles. The molecular formula is C14H17NO6S. The highest BCUT2D eigenvalue weighted by molar-refractivity contribution is 7.91. The summed E-state index contributed by atoms with van der Waals surface area (Å²) in [6, 6.07) is 4.50. The van der Waals surface area contributed by atoms with Gasteiger partial charge in [0.15, 0.2) is 15.9 Å². The first kappa shape index (κ1) is 16.4. The molecule has 8 heteroatoms. The molecule has 1 fully saturated rings. The lowest BCUT2D eigenvalue weighted by Gasteiger charge is -2.32. The van der Waals surface area contributed by atoms with Crippen LogP contribution in [0.2, 0.25) is 0 Å². The minimum atomic E-state index is -3.33. The van der Waals surface area contributed by atoms with Crippen LogP contribution < -0.4 is 0 Å². The molecule has 0 radical (unpaired) electrons. The first-order chi connectivity index (χ1) is 10.4. The number of hydrogen-bond acceptors (Lipinski definition) is 5. The smallest absolute Gasteiger partial charge is 0.328 e. The highest BCUT2D eigenvalue weighted by Gasteiger charge is 2.33. The van der Waals surface area contributed by atoms with E-state index in [-0.39, 0.29) is 36.0 Å². The van der Waals surface area contributed by atoms with E-state index in [1.807, 2.05) is 0 Å². The monoisotopic (exact) mass is 327 g/mol. The van der Waals surface area contributed by atoms with Gasteiger partial charge in [-0.1, -0.05) is 6.92 Å². The van der Waals surface area contributed by atoms with E-state index in [0.717, 1.165) is 0 Å². The third-order valence-corrected chi connectivity index (χ3v) is 5.27. The summed E-state index contributed by atoms with van der Waals surface area (Å²) in [5, 5.41) is 9.13. The predicted octanol–water partition coefficient (Wildman–Crippen LogP) is 0.406. The third-order valence-electron chi connectivity index (χ3n) is 3.51. The van der Waals surface area contributed by atoms with E-state index in [1.165, 1.54) is 29.2 Å². The Bertz CT molecular complexity index is 667. The van der Waals surface area contributed by atoms with Gasteiger partial charge in [-0.15, -0.1) is 0 Å². The number of hydrogen-bond donors (Lipinski definition) is 1. The van der Waals surface area contributed by atoms with Crippen molar-refractivity contribution in [2.24, 2.45) is 0 Å². The van der Waals surface area contributed by atoms with Crippen LogP contribution in [-0.2, 0) is 19.4 Å². The van der Waals surface area contributed by atoms with Crippen molar-refractivity contribution in [2.45, 2.75) is 17.9 Å². The average molecular weight is 327 g/mol. The minimum absolute atomic E-state index is 0.0230. The normalized spacial score (nSPS) is 19.0. The van der Waals surface area contributed by atoms with Gasteiger partial charge in [0.1, 0.15) is 0 Å². The zero-order chi connectivity index (χ0) is 16.3. The number of carbonyl (C=O) groups is 2. The number of aliphatic carboxylic acids is 1. The number of benzene rings is 1. The van der Waals surface area contributed by atoms with Crippen molar-refractivity contribution in [3.05, 3.63) is 29.8 Å². The molecule has 1 aromatic carbocycles. The van der Waals surface area contributed by atoms with E-state index >= 15 is 0 Å². The first-order valence-electron chi connectivity index (χ1n) is 6.81. The van der Waals surface area contributed by atoms with Crippen molar-refractivity contribution in [3.63, 3.8) is 0 Å². The number of sulfone groups is 1. The van der Waals surface area contributed by atoms with Crippen LogP contribution in [0.15, 0.2) is 29.2 Å². The van der Waals surface area contributed by atoms with Crippen LogP contribution in [0.25, 0.3) is 0 Å². The topological polar surface area (TPSA) is 101 Å². The number of carboxylic acids is 1. The number of carboxylic acid groups (broad SMARTS) is 1. The maximum Gasteiger partial charge on any atom is 0.328 e. The Kier molecular flexibility index (Phi) is 4.82. The molecule has 1 aromatic rings. The standard InChI is InChI=1S/C14H17NO6S/c1-2-22(19,20)11-5-3-10(4-6-11)13(16)15-7-8-21-9-12(15)14(17)18/h3-6,12H,2,7-9H2,1H3,(H,17,18)/t12-/m0/s1. The van der Waals surface area contributed by atoms with Gasteiger partial charge in [0.05, 0.1) is 23.9 Å². The van der Waals surface area contributed by atoms with E-state index in [1.54, 1.807) is 6.92 Å². The number of rotatable bonds is 4. The third kappa shape index (κ3) is 3.28. The fourth-order valence-corrected chi connectivity index (χ4v) is 3.07. The quantitative estimate of drug-likeness (QED) is 0.859. The van der Waals surface area contributed by atoms with Crippen LogP contribution in [0.3, 0.4) is 0 Å². The van der Waals surface area contributed by atoms with Gasteiger partial charge in [-0.25, -0.2) is 13.2 Å². The molecule has 0 saturated carbocycles. The van der Waals surface area contributed by atoms with Crippen molar-refractivity contribution >= 4 is 21.7 Å². The summed E-state index contributed by atoms with van der Waals surface area (Å²) in [7, 11) is -3.33. The molecular weight excluding hydrogens is 310 g/mol. The molecule has 120 valence electrons. The summed E-state index contributed by atoms with van der Waals surface area (Å²) < 4.78 is 28.6. The van der Waals surface area contributed by atoms with Crippen molar-refractivity contribution in [2.75, 3.05) is 25.5 Å². The molecule has 2 rings (SSSR count). The highest BCUT2D eigenvalue weighted by Crippen LogP contribution is 2.16. The predicted molar refractivity (Wildman–Crippen MR) is 77.4 cm³/mol. The molecule has 1 atom stereocenters. The van der Waals surface area contributed by atoms with Gasteiger partial charge in [-0.2, -0.15) is 0 Å². The Labute approximate surface area is 128 Å². The van der Waals surface area contributed by atoms with Gasteiger partial charge in [0, 0.05) is 12.1 Å². The minimum Gasteiger partial charge on any atom is -0.480 e. The second kappa shape index (κ2) is 6.45. The van der Waals surface area contributed by atoms with E-state index in [0.29, 0.717) is 0 Å². The zero-order valence-corrected chi connectivity index (χ0v) is 12.9. The number of amides is 1. The lowest BCUT2D eigenvalue weighted by Crippen LogP contribution is -2.52. The van der Waals surface area contributed by atoms with Crippen molar-refractivity contribution in [1.29, 1.82) is 0 Å². The second-order valence-corrected chi connectivity index (χ2v) is 7.13. The Hall–Kier alpha value is -1.93. The molecule has 0 bridgehead atoms. The maximum absolute atomic E-state index is 12.4. The Balaban J connectivity index is 2.24. The number of nitrogens with zero attached hydrogens (tertiary/aromatic N) is 1. The van der Waals surface area contributed by atoms with Crippen LogP contribution in [0.5, 0.6) is 0 Å². The van der Waals surface area contributed by atoms with Crippen LogP contribution in [0, 0.1) is 0 Å². The molecule has 1 N–H and O–H groups in total. The van der Waals surface area contributed by atoms with Gasteiger partial charge >= 0.3 is 5.97 Å². The van der Waals surface area contributed by atoms with E-state index < -0.39 is 27.8 Å². The van der Waals surface area contributed by atoms with Crippen LogP contribution in [-0.4, -0.2) is 61.9 Å². The highest BCUT2D eigenvalue weighted by atomic mass is 32.2. The van der Waals surface area contributed by atoms with E-state index in [9.17, 15) is 18.0 Å². The number of ether oxygens (including phenoxy) is 1. The molecule has 1 amide bonds. The molecule has 0 unspecified atom stereocenters. The first-order valence-corrected chi connectivity index (χ1v) is 8.46. The summed E-state index contributed by atoms with van der Waals surface area (Å²) in [5.74, 6) is -1.60. The summed E-state index contributed by atoms with van der Waals surface area (Å²) in [6.45, 7) is 1.95. The molecule has 0 spiro atoms. The SMILES string of the molecule is CCS(=O)(=O)c1ccc(C(=O)N2CCOC[C@H]2C(=O)O)cc1. The number of carbonyl (C=O) groups excluding carboxylic acids is 1. The molecule has 7 nitrogen and oxygen atoms in total.